The first-order valence-electron chi connectivity index (χ1n) is 15.3. The normalized spacial score (nSPS) is 11.5. The van der Waals surface area contributed by atoms with E-state index >= 15 is 0 Å². The van der Waals surface area contributed by atoms with Crippen LogP contribution in [0.25, 0.3) is 88.4 Å². The first-order valence-corrected chi connectivity index (χ1v) is 15.3. The summed E-state index contributed by atoms with van der Waals surface area (Å²) >= 11 is 0. The van der Waals surface area contributed by atoms with E-state index in [0.717, 1.165) is 88.4 Å². The molecule has 3 heteroatoms. The molecular weight excluding hydrogens is 562 g/mol. The van der Waals surface area contributed by atoms with Crippen molar-refractivity contribution >= 4 is 43.9 Å². The van der Waals surface area contributed by atoms with Gasteiger partial charge in [-0.15, -0.1) is 0 Å². The van der Waals surface area contributed by atoms with Crippen LogP contribution in [0.2, 0.25) is 0 Å². The molecule has 0 unspecified atom stereocenters. The van der Waals surface area contributed by atoms with E-state index in [1.807, 2.05) is 72.8 Å². The topological polar surface area (TPSA) is 50.1 Å². The zero-order valence-electron chi connectivity index (χ0n) is 24.7. The molecule has 7 aromatic carbocycles. The molecule has 0 bridgehead atoms. The number of para-hydroxylation sites is 2. The highest BCUT2D eigenvalue weighted by molar-refractivity contribution is 6.08. The molecule has 0 radical (unpaired) electrons. The van der Waals surface area contributed by atoms with Crippen LogP contribution in [-0.4, -0.2) is 0 Å². The van der Waals surface area contributed by atoms with Gasteiger partial charge < -0.3 is 8.83 Å². The third-order valence-corrected chi connectivity index (χ3v) is 8.95. The second-order valence-electron chi connectivity index (χ2n) is 11.6. The van der Waals surface area contributed by atoms with E-state index < -0.39 is 0 Å². The number of fused-ring (bicyclic) bond motifs is 6. The minimum Gasteiger partial charge on any atom is -0.456 e. The van der Waals surface area contributed by atoms with Gasteiger partial charge in [0.25, 0.3) is 0 Å². The van der Waals surface area contributed by atoms with Crippen LogP contribution in [0.15, 0.2) is 160 Å². The van der Waals surface area contributed by atoms with Crippen molar-refractivity contribution < 1.29 is 8.83 Å². The monoisotopic (exact) mass is 587 g/mol. The molecule has 3 nitrogen and oxygen atoms in total. The highest BCUT2D eigenvalue weighted by Gasteiger charge is 2.19. The van der Waals surface area contributed by atoms with Crippen molar-refractivity contribution in [3.05, 3.63) is 157 Å². The lowest BCUT2D eigenvalue weighted by Crippen LogP contribution is -1.94. The Kier molecular flexibility index (Phi) is 5.88. The molecule has 0 fully saturated rings. The molecule has 9 aromatic rings. The van der Waals surface area contributed by atoms with Gasteiger partial charge in [-0.05, 0) is 81.9 Å². The van der Waals surface area contributed by atoms with E-state index in [-0.39, 0.29) is 0 Å². The summed E-state index contributed by atoms with van der Waals surface area (Å²) in [6.45, 7) is 0. The molecule has 46 heavy (non-hydrogen) atoms. The van der Waals surface area contributed by atoms with Crippen molar-refractivity contribution in [1.29, 1.82) is 5.26 Å². The van der Waals surface area contributed by atoms with Crippen LogP contribution < -0.4 is 0 Å². The maximum Gasteiger partial charge on any atom is 0.135 e. The lowest BCUT2D eigenvalue weighted by Gasteiger charge is -2.17. The number of nitriles is 1. The average molecular weight is 588 g/mol. The predicted octanol–water partition coefficient (Wildman–Crippen LogP) is 12.0. The van der Waals surface area contributed by atoms with E-state index in [9.17, 15) is 5.26 Å². The third-order valence-electron chi connectivity index (χ3n) is 8.95. The molecule has 0 aliphatic rings. The zero-order valence-corrected chi connectivity index (χ0v) is 24.7. The predicted molar refractivity (Wildman–Crippen MR) is 187 cm³/mol. The molecule has 0 spiro atoms. The standard InChI is InChI=1S/C43H25NO2/c44-26-39-35(29-19-21-43-38(23-29)34-15-7-9-17-41(34)46-43)24-30(28-18-20-42-37(22-28)33-14-6-8-16-40(33)45-42)25-36(39)32-13-5-4-12-31(32)27-10-2-1-3-11-27/h1-25H. The zero-order chi connectivity index (χ0) is 30.6. The number of rotatable bonds is 4. The molecule has 0 N–H and O–H groups in total. The Morgan fingerprint density at radius 2 is 0.870 bits per heavy atom. The largest absolute Gasteiger partial charge is 0.456 e. The highest BCUT2D eigenvalue weighted by Crippen LogP contribution is 2.43. The Balaban J connectivity index is 1.34. The molecule has 9 rings (SSSR count). The summed E-state index contributed by atoms with van der Waals surface area (Å²) in [6.07, 6.45) is 0. The Hall–Kier alpha value is -6.37. The summed E-state index contributed by atoms with van der Waals surface area (Å²) in [5.41, 5.74) is 12.0. The summed E-state index contributed by atoms with van der Waals surface area (Å²) in [5, 5.41) is 15.1. The van der Waals surface area contributed by atoms with Crippen LogP contribution in [0.1, 0.15) is 5.56 Å². The summed E-state index contributed by atoms with van der Waals surface area (Å²) in [4.78, 5) is 0. The van der Waals surface area contributed by atoms with Crippen LogP contribution >= 0.6 is 0 Å². The number of benzene rings is 7. The van der Waals surface area contributed by atoms with E-state index in [0.29, 0.717) is 5.56 Å². The van der Waals surface area contributed by atoms with Crippen LogP contribution in [-0.2, 0) is 0 Å². The quantitative estimate of drug-likeness (QED) is 0.206. The van der Waals surface area contributed by atoms with Gasteiger partial charge in [-0.2, -0.15) is 5.26 Å². The fourth-order valence-electron chi connectivity index (χ4n) is 6.76. The molecule has 0 saturated heterocycles. The summed E-state index contributed by atoms with van der Waals surface area (Å²) < 4.78 is 12.3. The van der Waals surface area contributed by atoms with Gasteiger partial charge in [-0.1, -0.05) is 103 Å². The second kappa shape index (κ2) is 10.4. The van der Waals surface area contributed by atoms with E-state index in [1.54, 1.807) is 0 Å². The van der Waals surface area contributed by atoms with Gasteiger partial charge in [-0.25, -0.2) is 0 Å². The molecule has 0 saturated carbocycles. The SMILES string of the molecule is N#Cc1c(-c2ccc3oc4ccccc4c3c2)cc(-c2ccc3oc4ccccc4c3c2)cc1-c1ccccc1-c1ccccc1. The number of hydrogen-bond donors (Lipinski definition) is 0. The minimum atomic E-state index is 0.633. The van der Waals surface area contributed by atoms with E-state index in [2.05, 4.69) is 84.9 Å². The maximum absolute atomic E-state index is 10.8. The Bertz CT molecular complexity index is 2650. The first-order chi connectivity index (χ1) is 22.7. The maximum atomic E-state index is 10.8. The van der Waals surface area contributed by atoms with Crippen molar-refractivity contribution in [2.45, 2.75) is 0 Å². The lowest BCUT2D eigenvalue weighted by molar-refractivity contribution is 0.668. The average Bonchev–Trinajstić information content (AvgIpc) is 3.69. The number of nitrogens with zero attached hydrogens (tertiary/aromatic N) is 1. The van der Waals surface area contributed by atoms with Gasteiger partial charge in [0.15, 0.2) is 0 Å². The molecule has 0 atom stereocenters. The number of furan rings is 2. The van der Waals surface area contributed by atoms with Gasteiger partial charge in [0, 0.05) is 32.7 Å². The van der Waals surface area contributed by atoms with Crippen LogP contribution in [0.3, 0.4) is 0 Å². The lowest BCUT2D eigenvalue weighted by atomic mass is 9.85. The molecule has 0 aliphatic carbocycles. The molecule has 0 aliphatic heterocycles. The number of hydrogen-bond acceptors (Lipinski definition) is 3. The van der Waals surface area contributed by atoms with Gasteiger partial charge >= 0.3 is 0 Å². The molecule has 0 amide bonds. The van der Waals surface area contributed by atoms with Gasteiger partial charge in [0.1, 0.15) is 28.4 Å². The summed E-state index contributed by atoms with van der Waals surface area (Å²) in [5.74, 6) is 0. The fourth-order valence-corrected chi connectivity index (χ4v) is 6.76. The Morgan fingerprint density at radius 3 is 1.54 bits per heavy atom. The second-order valence-corrected chi connectivity index (χ2v) is 11.6. The van der Waals surface area contributed by atoms with Crippen molar-refractivity contribution in [2.75, 3.05) is 0 Å². The van der Waals surface area contributed by atoms with E-state index in [4.69, 9.17) is 8.83 Å². The third kappa shape index (κ3) is 4.13. The van der Waals surface area contributed by atoms with Gasteiger partial charge in [0.05, 0.1) is 5.56 Å². The highest BCUT2D eigenvalue weighted by atomic mass is 16.3. The van der Waals surface area contributed by atoms with E-state index in [1.165, 1.54) is 0 Å². The molecule has 214 valence electrons. The van der Waals surface area contributed by atoms with Crippen molar-refractivity contribution in [1.82, 2.24) is 0 Å². The molecular formula is C43H25NO2. The Morgan fingerprint density at radius 1 is 0.348 bits per heavy atom. The van der Waals surface area contributed by atoms with Crippen molar-refractivity contribution in [3.63, 3.8) is 0 Å². The fraction of sp³-hybridized carbons (Fsp3) is 0. The van der Waals surface area contributed by atoms with Crippen LogP contribution in [0, 0.1) is 11.3 Å². The van der Waals surface area contributed by atoms with Gasteiger partial charge in [-0.3, -0.25) is 0 Å². The molecule has 2 heterocycles. The Labute approximate surface area is 265 Å². The van der Waals surface area contributed by atoms with Crippen molar-refractivity contribution in [3.8, 4) is 50.6 Å². The molecule has 2 aromatic heterocycles. The van der Waals surface area contributed by atoms with Crippen LogP contribution in [0.4, 0.5) is 0 Å². The van der Waals surface area contributed by atoms with Crippen molar-refractivity contribution in [2.24, 2.45) is 0 Å². The van der Waals surface area contributed by atoms with Gasteiger partial charge in [0.2, 0.25) is 0 Å². The minimum absolute atomic E-state index is 0.633. The van der Waals surface area contributed by atoms with Crippen LogP contribution in [0.5, 0.6) is 0 Å². The summed E-state index contributed by atoms with van der Waals surface area (Å²) in [7, 11) is 0. The first kappa shape index (κ1) is 26.1. The smallest absolute Gasteiger partial charge is 0.135 e. The summed E-state index contributed by atoms with van der Waals surface area (Å²) in [6, 6.07) is 54.4.